The summed E-state index contributed by atoms with van der Waals surface area (Å²) < 4.78 is 8.85. The van der Waals surface area contributed by atoms with Crippen LogP contribution in [0.15, 0.2) is 0 Å². The Kier molecular flexibility index (Phi) is 19.9. The average molecular weight is 86.1 g/mol. The van der Waals surface area contributed by atoms with Gasteiger partial charge in [0.15, 0.2) is 0 Å². The van der Waals surface area contributed by atoms with Gasteiger partial charge in [0.05, 0.1) is 0 Å². The van der Waals surface area contributed by atoms with Crippen LogP contribution in [0.2, 0.25) is 0 Å². The minimum atomic E-state index is 0. The summed E-state index contributed by atoms with van der Waals surface area (Å²) in [6, 6.07) is 0. The van der Waals surface area contributed by atoms with Crippen molar-refractivity contribution in [2.75, 3.05) is 6.26 Å². The number of hydrogen-bond acceptors (Lipinski definition) is 2. The standard InChI is InChI=1S/CH3OS.Na/c1-3-2;/h1H3;/q-1;+1. The van der Waals surface area contributed by atoms with Gasteiger partial charge in [-0.1, -0.05) is 0 Å². The molecule has 0 aliphatic carbocycles. The maximum Gasteiger partial charge on any atom is 1.00 e. The zero-order chi connectivity index (χ0) is 2.71. The zero-order valence-corrected chi connectivity index (χ0v) is 5.63. The zero-order valence-electron chi connectivity index (χ0n) is 2.82. The van der Waals surface area contributed by atoms with E-state index in [1.165, 1.54) is 6.26 Å². The average Bonchev–Trinajstić information content (AvgIpc) is 0.918. The summed E-state index contributed by atoms with van der Waals surface area (Å²) in [5.74, 6) is 0. The summed E-state index contributed by atoms with van der Waals surface area (Å²) in [4.78, 5) is 0. The Morgan fingerprint density at radius 2 is 1.75 bits per heavy atom. The maximum absolute atomic E-state index is 8.85. The van der Waals surface area contributed by atoms with E-state index < -0.39 is 0 Å². The third-order valence-electron chi connectivity index (χ3n) is 0. The van der Waals surface area contributed by atoms with Gasteiger partial charge in [0.1, 0.15) is 0 Å². The van der Waals surface area contributed by atoms with E-state index in [9.17, 15) is 0 Å². The smallest absolute Gasteiger partial charge is 0.485 e. The van der Waals surface area contributed by atoms with Crippen LogP contribution in [0.4, 0.5) is 0 Å². The quantitative estimate of drug-likeness (QED) is 0.227. The molecule has 0 heterocycles. The first-order chi connectivity index (χ1) is 1.41. The van der Waals surface area contributed by atoms with Crippen LogP contribution >= 0.6 is 0 Å². The molecule has 4 heavy (non-hydrogen) atoms. The molecule has 0 radical (unpaired) electrons. The van der Waals surface area contributed by atoms with Crippen molar-refractivity contribution in [2.24, 2.45) is 0 Å². The fraction of sp³-hybridized carbons (Fsp3) is 1.00. The molecule has 0 aromatic carbocycles. The summed E-state index contributed by atoms with van der Waals surface area (Å²) in [6.45, 7) is 0. The van der Waals surface area contributed by atoms with E-state index in [-0.39, 0.29) is 29.6 Å². The molecule has 0 unspecified atom stereocenters. The minimum Gasteiger partial charge on any atom is -0.485 e. The first-order valence-electron chi connectivity index (χ1n) is 0.575. The Balaban J connectivity index is 0. The van der Waals surface area contributed by atoms with Gasteiger partial charge in [-0.05, 0) is 0 Å². The van der Waals surface area contributed by atoms with E-state index in [0.717, 1.165) is 0 Å². The molecule has 20 valence electrons. The van der Waals surface area contributed by atoms with Crippen molar-refractivity contribution in [1.82, 2.24) is 0 Å². The van der Waals surface area contributed by atoms with Crippen LogP contribution in [0, 0.1) is 0 Å². The van der Waals surface area contributed by atoms with Gasteiger partial charge in [-0.25, -0.2) is 0 Å². The topological polar surface area (TPSA) is 17.1 Å². The van der Waals surface area contributed by atoms with Gasteiger partial charge >= 0.3 is 29.6 Å². The third kappa shape index (κ3) is 11.0. The molecular formula is CH3NaOS. The summed E-state index contributed by atoms with van der Waals surface area (Å²) in [7, 11) is 0. The van der Waals surface area contributed by atoms with E-state index >= 15 is 0 Å². The third-order valence-corrected chi connectivity index (χ3v) is 0. The van der Waals surface area contributed by atoms with Crippen molar-refractivity contribution in [3.63, 3.8) is 0 Å². The Hall–Kier alpha value is 1.15. The number of rotatable bonds is 0. The molecular weight excluding hydrogens is 83.1 g/mol. The fourth-order valence-corrected chi connectivity index (χ4v) is 0. The molecule has 1 nitrogen and oxygen atoms in total. The summed E-state index contributed by atoms with van der Waals surface area (Å²) in [5.41, 5.74) is 0. The molecule has 0 aromatic heterocycles. The van der Waals surface area contributed by atoms with Gasteiger partial charge in [0, 0.05) is 0 Å². The summed E-state index contributed by atoms with van der Waals surface area (Å²) >= 11 is 0.500. The molecule has 0 atom stereocenters. The van der Waals surface area contributed by atoms with Crippen LogP contribution in [-0.2, 0) is 15.9 Å². The van der Waals surface area contributed by atoms with Crippen LogP contribution in [-0.4, -0.2) is 6.26 Å². The molecule has 0 fully saturated rings. The second-order valence-electron chi connectivity index (χ2n) is 0.167. The molecule has 3 heteroatoms. The van der Waals surface area contributed by atoms with Crippen LogP contribution < -0.4 is 29.6 Å². The van der Waals surface area contributed by atoms with Crippen molar-refractivity contribution in [1.29, 1.82) is 0 Å². The Labute approximate surface area is 51.6 Å². The van der Waals surface area contributed by atoms with Crippen molar-refractivity contribution >= 4 is 11.7 Å². The fourth-order valence-electron chi connectivity index (χ4n) is 0. The molecule has 0 rings (SSSR count). The van der Waals surface area contributed by atoms with E-state index in [2.05, 4.69) is 0 Å². The molecule has 0 saturated carbocycles. The normalized spacial score (nSPS) is 4.25. The predicted octanol–water partition coefficient (Wildman–Crippen LogP) is -2.95. The van der Waals surface area contributed by atoms with E-state index in [0.29, 0.717) is 11.7 Å². The SMILES string of the molecule is C[S-]=O.[Na+]. The first kappa shape index (κ1) is 8.94. The summed E-state index contributed by atoms with van der Waals surface area (Å²) in [6.07, 6.45) is 1.49. The van der Waals surface area contributed by atoms with E-state index in [1.54, 1.807) is 0 Å². The van der Waals surface area contributed by atoms with Crippen LogP contribution in [0.1, 0.15) is 0 Å². The summed E-state index contributed by atoms with van der Waals surface area (Å²) in [5, 5.41) is 0. The van der Waals surface area contributed by atoms with Crippen LogP contribution in [0.5, 0.6) is 0 Å². The van der Waals surface area contributed by atoms with Crippen molar-refractivity contribution in [3.8, 4) is 0 Å². The van der Waals surface area contributed by atoms with Gasteiger partial charge in [-0.3, -0.25) is 0 Å². The van der Waals surface area contributed by atoms with Crippen molar-refractivity contribution in [3.05, 3.63) is 0 Å². The molecule has 0 aliphatic rings. The second-order valence-corrected chi connectivity index (χ2v) is 0.500. The molecule has 0 aliphatic heterocycles. The van der Waals surface area contributed by atoms with Crippen molar-refractivity contribution in [2.45, 2.75) is 0 Å². The van der Waals surface area contributed by atoms with Crippen LogP contribution in [0.25, 0.3) is 0 Å². The largest absolute Gasteiger partial charge is 1.00 e. The Bertz CT molecular complexity index is 15.5. The van der Waals surface area contributed by atoms with Gasteiger partial charge in [0.2, 0.25) is 0 Å². The Morgan fingerprint density at radius 1 is 1.75 bits per heavy atom. The molecule has 0 N–H and O–H groups in total. The second kappa shape index (κ2) is 8.91. The van der Waals surface area contributed by atoms with Crippen LogP contribution in [0.3, 0.4) is 0 Å². The molecule has 0 aromatic rings. The van der Waals surface area contributed by atoms with Gasteiger partial charge in [-0.15, -0.1) is 6.26 Å². The molecule has 0 saturated heterocycles. The van der Waals surface area contributed by atoms with E-state index in [1.807, 2.05) is 0 Å². The van der Waals surface area contributed by atoms with E-state index in [4.69, 9.17) is 4.21 Å². The van der Waals surface area contributed by atoms with Gasteiger partial charge < -0.3 is 15.9 Å². The predicted molar refractivity (Wildman–Crippen MR) is 14.0 cm³/mol. The van der Waals surface area contributed by atoms with Gasteiger partial charge in [0.25, 0.3) is 0 Å². The Morgan fingerprint density at radius 3 is 1.75 bits per heavy atom. The monoisotopic (exact) mass is 86.0 g/mol. The minimum absolute atomic E-state index is 0. The van der Waals surface area contributed by atoms with Gasteiger partial charge in [-0.2, -0.15) is 0 Å². The first-order valence-corrected chi connectivity index (χ1v) is 1.72. The number of hydrogen-bond donors (Lipinski definition) is 0. The maximum atomic E-state index is 8.85. The molecule has 0 bridgehead atoms. The van der Waals surface area contributed by atoms with Crippen molar-refractivity contribution < 1.29 is 33.8 Å². The molecule has 0 amide bonds. The molecule has 0 spiro atoms.